The molecular formula is C15H26N2O4. The molecule has 0 aromatic rings. The van der Waals surface area contributed by atoms with E-state index in [1.807, 2.05) is 6.92 Å². The first kappa shape index (κ1) is 17.5. The molecule has 0 heterocycles. The standard InChI is InChI=1S/C15H26N2O4/c1-10-6-7-11(2)13(9-10)21-15(20)17-8-4-3-5-12(16)14(18)19/h6-7,10-13H,3-5,8-9,16H2,1-2H3,(H,17,20)(H,18,19)/t10?,11?,12-,13?/m0/s1. The minimum Gasteiger partial charge on any atom is -0.480 e. The van der Waals surface area contributed by atoms with Gasteiger partial charge in [0.05, 0.1) is 0 Å². The molecule has 6 nitrogen and oxygen atoms in total. The van der Waals surface area contributed by atoms with Crippen LogP contribution in [0.15, 0.2) is 12.2 Å². The van der Waals surface area contributed by atoms with Crippen LogP contribution in [-0.4, -0.2) is 35.9 Å². The highest BCUT2D eigenvalue weighted by Crippen LogP contribution is 2.24. The van der Waals surface area contributed by atoms with E-state index in [4.69, 9.17) is 15.6 Å². The predicted octanol–water partition coefficient (Wildman–Crippen LogP) is 1.90. The van der Waals surface area contributed by atoms with Crippen LogP contribution >= 0.6 is 0 Å². The van der Waals surface area contributed by atoms with E-state index in [1.165, 1.54) is 0 Å². The Balaban J connectivity index is 2.14. The summed E-state index contributed by atoms with van der Waals surface area (Å²) in [5, 5.41) is 11.3. The zero-order chi connectivity index (χ0) is 15.8. The summed E-state index contributed by atoms with van der Waals surface area (Å²) in [7, 11) is 0. The molecule has 0 saturated heterocycles. The van der Waals surface area contributed by atoms with Crippen LogP contribution in [0, 0.1) is 11.8 Å². The Morgan fingerprint density at radius 2 is 2.10 bits per heavy atom. The highest BCUT2D eigenvalue weighted by atomic mass is 16.6. The topological polar surface area (TPSA) is 102 Å². The van der Waals surface area contributed by atoms with E-state index in [0.29, 0.717) is 31.7 Å². The molecule has 0 spiro atoms. The number of rotatable bonds is 7. The predicted molar refractivity (Wildman–Crippen MR) is 79.8 cm³/mol. The Morgan fingerprint density at radius 3 is 2.76 bits per heavy atom. The van der Waals surface area contributed by atoms with Crippen molar-refractivity contribution in [2.45, 2.75) is 51.7 Å². The molecule has 1 amide bonds. The number of carboxylic acids is 1. The molecule has 0 fully saturated rings. The maximum absolute atomic E-state index is 11.7. The third kappa shape index (κ3) is 6.62. The molecule has 0 radical (unpaired) electrons. The van der Waals surface area contributed by atoms with Crippen molar-refractivity contribution < 1.29 is 19.4 Å². The van der Waals surface area contributed by atoms with Gasteiger partial charge in [0.2, 0.25) is 0 Å². The summed E-state index contributed by atoms with van der Waals surface area (Å²) in [5.41, 5.74) is 5.39. The molecule has 1 aliphatic rings. The molecule has 120 valence electrons. The average molecular weight is 298 g/mol. The molecule has 3 unspecified atom stereocenters. The molecule has 0 aromatic carbocycles. The van der Waals surface area contributed by atoms with Crippen molar-refractivity contribution in [3.63, 3.8) is 0 Å². The maximum Gasteiger partial charge on any atom is 0.407 e. The molecule has 0 bridgehead atoms. The van der Waals surface area contributed by atoms with E-state index in [2.05, 4.69) is 24.4 Å². The van der Waals surface area contributed by atoms with Crippen LogP contribution in [-0.2, 0) is 9.53 Å². The summed E-state index contributed by atoms with van der Waals surface area (Å²) in [6, 6.07) is -0.826. The van der Waals surface area contributed by atoms with Crippen LogP contribution in [0.25, 0.3) is 0 Å². The van der Waals surface area contributed by atoms with Gasteiger partial charge in [0, 0.05) is 12.5 Å². The molecule has 1 rings (SSSR count). The van der Waals surface area contributed by atoms with Gasteiger partial charge in [-0.05, 0) is 31.6 Å². The number of unbranched alkanes of at least 4 members (excludes halogenated alkanes) is 1. The number of carboxylic acid groups (broad SMARTS) is 1. The van der Waals surface area contributed by atoms with Crippen LogP contribution in [0.3, 0.4) is 0 Å². The SMILES string of the molecule is CC1C=CC(C)C(OC(=O)NCCCC[C@H](N)C(=O)O)C1. The van der Waals surface area contributed by atoms with Crippen molar-refractivity contribution in [2.24, 2.45) is 17.6 Å². The molecule has 4 atom stereocenters. The Bertz CT molecular complexity index is 384. The number of alkyl carbamates (subject to hydrolysis) is 1. The number of nitrogens with one attached hydrogen (secondary N) is 1. The highest BCUT2D eigenvalue weighted by Gasteiger charge is 2.24. The van der Waals surface area contributed by atoms with Gasteiger partial charge < -0.3 is 20.9 Å². The van der Waals surface area contributed by atoms with Gasteiger partial charge in [-0.3, -0.25) is 4.79 Å². The number of amides is 1. The quantitative estimate of drug-likeness (QED) is 0.492. The number of carbonyl (C=O) groups excluding carboxylic acids is 1. The molecule has 0 aromatic heterocycles. The molecule has 21 heavy (non-hydrogen) atoms. The van der Waals surface area contributed by atoms with E-state index in [9.17, 15) is 9.59 Å². The van der Waals surface area contributed by atoms with E-state index < -0.39 is 18.1 Å². The second kappa shape index (κ2) is 8.67. The number of allylic oxidation sites excluding steroid dienone is 1. The average Bonchev–Trinajstić information content (AvgIpc) is 2.42. The minimum absolute atomic E-state index is 0.0783. The highest BCUT2D eigenvalue weighted by molar-refractivity contribution is 5.72. The third-order valence-electron chi connectivity index (χ3n) is 3.72. The molecule has 0 aliphatic heterocycles. The van der Waals surface area contributed by atoms with Gasteiger partial charge >= 0.3 is 12.1 Å². The lowest BCUT2D eigenvalue weighted by Gasteiger charge is -2.27. The second-order valence-corrected chi connectivity index (χ2v) is 5.77. The lowest BCUT2D eigenvalue weighted by molar-refractivity contribution is -0.138. The van der Waals surface area contributed by atoms with Gasteiger partial charge in [-0.25, -0.2) is 4.79 Å². The Morgan fingerprint density at radius 1 is 1.38 bits per heavy atom. The fourth-order valence-corrected chi connectivity index (χ4v) is 2.29. The number of ether oxygens (including phenoxy) is 1. The van der Waals surface area contributed by atoms with Crippen LogP contribution in [0.5, 0.6) is 0 Å². The first-order chi connectivity index (χ1) is 9.90. The number of hydrogen-bond donors (Lipinski definition) is 3. The van der Waals surface area contributed by atoms with Crippen LogP contribution in [0.4, 0.5) is 4.79 Å². The fourth-order valence-electron chi connectivity index (χ4n) is 2.29. The van der Waals surface area contributed by atoms with E-state index in [0.717, 1.165) is 6.42 Å². The van der Waals surface area contributed by atoms with Crippen molar-refractivity contribution in [3.8, 4) is 0 Å². The van der Waals surface area contributed by atoms with E-state index in [-0.39, 0.29) is 12.0 Å². The van der Waals surface area contributed by atoms with Gasteiger partial charge in [0.15, 0.2) is 0 Å². The Labute approximate surface area is 125 Å². The number of nitrogens with two attached hydrogens (primary N) is 1. The largest absolute Gasteiger partial charge is 0.480 e. The number of aliphatic carboxylic acids is 1. The Kier molecular flexibility index (Phi) is 7.22. The van der Waals surface area contributed by atoms with Crippen LogP contribution in [0.1, 0.15) is 39.5 Å². The summed E-state index contributed by atoms with van der Waals surface area (Å²) < 4.78 is 5.42. The number of hydrogen-bond acceptors (Lipinski definition) is 4. The Hall–Kier alpha value is -1.56. The molecule has 1 aliphatic carbocycles. The first-order valence-electron chi connectivity index (χ1n) is 7.51. The summed E-state index contributed by atoms with van der Waals surface area (Å²) in [5.74, 6) is -0.326. The first-order valence-corrected chi connectivity index (χ1v) is 7.51. The van der Waals surface area contributed by atoms with Crippen molar-refractivity contribution in [3.05, 3.63) is 12.2 Å². The van der Waals surface area contributed by atoms with E-state index in [1.54, 1.807) is 0 Å². The number of carbonyl (C=O) groups is 2. The summed E-state index contributed by atoms with van der Waals surface area (Å²) in [6.45, 7) is 4.60. The van der Waals surface area contributed by atoms with Crippen molar-refractivity contribution >= 4 is 12.1 Å². The van der Waals surface area contributed by atoms with Crippen molar-refractivity contribution in [1.29, 1.82) is 0 Å². The maximum atomic E-state index is 11.7. The van der Waals surface area contributed by atoms with Crippen molar-refractivity contribution in [1.82, 2.24) is 5.32 Å². The van der Waals surface area contributed by atoms with Gasteiger partial charge in [-0.15, -0.1) is 0 Å². The normalized spacial score (nSPS) is 26.1. The van der Waals surface area contributed by atoms with Gasteiger partial charge in [-0.2, -0.15) is 0 Å². The van der Waals surface area contributed by atoms with Gasteiger partial charge in [-0.1, -0.05) is 26.0 Å². The zero-order valence-electron chi connectivity index (χ0n) is 12.7. The molecule has 0 saturated carbocycles. The summed E-state index contributed by atoms with van der Waals surface area (Å²) in [4.78, 5) is 22.2. The van der Waals surface area contributed by atoms with E-state index >= 15 is 0 Å². The monoisotopic (exact) mass is 298 g/mol. The fraction of sp³-hybridized carbons (Fsp3) is 0.733. The smallest absolute Gasteiger partial charge is 0.407 e. The van der Waals surface area contributed by atoms with Gasteiger partial charge in [0.25, 0.3) is 0 Å². The second-order valence-electron chi connectivity index (χ2n) is 5.77. The van der Waals surface area contributed by atoms with Crippen molar-refractivity contribution in [2.75, 3.05) is 6.54 Å². The lowest BCUT2D eigenvalue weighted by Crippen LogP contribution is -2.34. The summed E-state index contributed by atoms with van der Waals surface area (Å²) >= 11 is 0. The molecule has 4 N–H and O–H groups in total. The lowest BCUT2D eigenvalue weighted by atomic mass is 9.88. The summed E-state index contributed by atoms with van der Waals surface area (Å²) in [6.07, 6.45) is 6.35. The molecule has 6 heteroatoms. The van der Waals surface area contributed by atoms with Crippen LogP contribution in [0.2, 0.25) is 0 Å². The van der Waals surface area contributed by atoms with Gasteiger partial charge in [0.1, 0.15) is 12.1 Å². The van der Waals surface area contributed by atoms with Crippen LogP contribution < -0.4 is 11.1 Å². The minimum atomic E-state index is -0.990. The molecular weight excluding hydrogens is 272 g/mol. The third-order valence-corrected chi connectivity index (χ3v) is 3.72. The zero-order valence-corrected chi connectivity index (χ0v) is 12.7.